The fourth-order valence-corrected chi connectivity index (χ4v) is 1.77. The van der Waals surface area contributed by atoms with Gasteiger partial charge in [-0.1, -0.05) is 12.2 Å². The van der Waals surface area contributed by atoms with E-state index in [4.69, 9.17) is 9.15 Å². The predicted octanol–water partition coefficient (Wildman–Crippen LogP) is 0.474. The molecule has 16 heavy (non-hydrogen) atoms. The van der Waals surface area contributed by atoms with E-state index in [1.807, 2.05) is 6.08 Å². The molecule has 0 radical (unpaired) electrons. The zero-order valence-corrected chi connectivity index (χ0v) is 8.84. The van der Waals surface area contributed by atoms with Crippen LogP contribution in [0.4, 0.5) is 0 Å². The van der Waals surface area contributed by atoms with Crippen LogP contribution in [-0.2, 0) is 9.53 Å². The molecule has 0 amide bonds. The number of fused-ring (bicyclic) bond motifs is 1. The molecule has 1 aliphatic carbocycles. The highest BCUT2D eigenvalue weighted by atomic mass is 16.6. The van der Waals surface area contributed by atoms with Crippen molar-refractivity contribution in [3.8, 4) is 0 Å². The lowest BCUT2D eigenvalue weighted by Gasteiger charge is -2.22. The first-order valence-corrected chi connectivity index (χ1v) is 4.91. The maximum atomic E-state index is 10.9. The number of hydrogen-bond acceptors (Lipinski definition) is 4. The number of aliphatic hydroxyl groups excluding tert-OH is 1. The minimum absolute atomic E-state index is 0.0670. The second-order valence-electron chi connectivity index (χ2n) is 3.60. The molecule has 0 fully saturated rings. The topological polar surface area (TPSA) is 59.7 Å². The monoisotopic (exact) mass is 220 g/mol. The van der Waals surface area contributed by atoms with Gasteiger partial charge in [0.25, 0.3) is 0 Å². The molecule has 0 spiro atoms. The van der Waals surface area contributed by atoms with Crippen molar-refractivity contribution in [1.82, 2.24) is 0 Å². The van der Waals surface area contributed by atoms with Crippen LogP contribution >= 0.6 is 0 Å². The smallest absolute Gasteiger partial charge is 0.303 e. The van der Waals surface area contributed by atoms with Gasteiger partial charge in [-0.3, -0.25) is 4.79 Å². The van der Waals surface area contributed by atoms with E-state index < -0.39 is 12.1 Å². The summed E-state index contributed by atoms with van der Waals surface area (Å²) in [6, 6.07) is 1.74. The van der Waals surface area contributed by atoms with E-state index in [0.29, 0.717) is 5.42 Å². The van der Waals surface area contributed by atoms with E-state index in [1.54, 1.807) is 12.1 Å². The average Bonchev–Trinajstić information content (AvgIpc) is 2.69. The number of carbonyl (C=O) groups is 1. The van der Waals surface area contributed by atoms with E-state index in [0.717, 1.165) is 5.22 Å². The molecule has 0 aliphatic heterocycles. The zero-order valence-electron chi connectivity index (χ0n) is 8.84. The number of aliphatic hydroxyl groups is 1. The van der Waals surface area contributed by atoms with Crippen LogP contribution in [0, 0.1) is 5.92 Å². The first-order chi connectivity index (χ1) is 7.63. The minimum atomic E-state index is -0.742. The van der Waals surface area contributed by atoms with Crippen molar-refractivity contribution >= 4 is 17.8 Å². The lowest BCUT2D eigenvalue weighted by molar-refractivity contribution is -0.145. The molecule has 1 N–H and O–H groups in total. The molecule has 0 aromatic carbocycles. The summed E-state index contributed by atoms with van der Waals surface area (Å²) >= 11 is 0. The normalized spacial score (nSPS) is 23.2. The zero-order chi connectivity index (χ0) is 11.7. The summed E-state index contributed by atoms with van der Waals surface area (Å²) in [7, 11) is 0. The minimum Gasteiger partial charge on any atom is -0.505 e. The van der Waals surface area contributed by atoms with Crippen LogP contribution in [0.5, 0.6) is 0 Å². The second kappa shape index (κ2) is 3.89. The molecule has 2 atom stereocenters. The van der Waals surface area contributed by atoms with Gasteiger partial charge in [0.2, 0.25) is 0 Å². The number of esters is 1. The molecule has 0 saturated heterocycles. The van der Waals surface area contributed by atoms with Gasteiger partial charge in [-0.05, 0) is 6.07 Å². The van der Waals surface area contributed by atoms with Crippen molar-refractivity contribution in [2.24, 2.45) is 5.92 Å². The fraction of sp³-hybridized carbons (Fsp3) is 0.250. The Morgan fingerprint density at radius 1 is 1.69 bits per heavy atom. The van der Waals surface area contributed by atoms with E-state index in [1.165, 1.54) is 13.2 Å². The summed E-state index contributed by atoms with van der Waals surface area (Å²) < 4.78 is 10.2. The largest absolute Gasteiger partial charge is 0.505 e. The van der Waals surface area contributed by atoms with Crippen molar-refractivity contribution in [3.63, 3.8) is 0 Å². The Kier molecular flexibility index (Phi) is 2.56. The van der Waals surface area contributed by atoms with E-state index in [9.17, 15) is 9.90 Å². The molecule has 0 bridgehead atoms. The van der Waals surface area contributed by atoms with Crippen molar-refractivity contribution in [2.45, 2.75) is 13.0 Å². The molecule has 2 rings (SSSR count). The summed E-state index contributed by atoms with van der Waals surface area (Å²) in [6.45, 7) is 4.95. The van der Waals surface area contributed by atoms with Crippen LogP contribution in [0.15, 0.2) is 29.4 Å². The number of rotatable bonds is 2. The van der Waals surface area contributed by atoms with Crippen LogP contribution in [0.25, 0.3) is 11.8 Å². The highest BCUT2D eigenvalue weighted by molar-refractivity contribution is 5.68. The van der Waals surface area contributed by atoms with Gasteiger partial charge in [0.05, 0.1) is 6.26 Å². The number of furan rings is 1. The molecule has 1 heterocycles. The van der Waals surface area contributed by atoms with Gasteiger partial charge >= 0.3 is 5.97 Å². The number of hydrogen-bond donors (Lipinski definition) is 1. The average molecular weight is 220 g/mol. The van der Waals surface area contributed by atoms with Crippen LogP contribution in [0.2, 0.25) is 0 Å². The summed E-state index contributed by atoms with van der Waals surface area (Å²) in [4.78, 5) is 10.9. The Bertz CT molecular complexity index is 538. The molecular formula is C12H12O4. The van der Waals surface area contributed by atoms with Gasteiger partial charge < -0.3 is 14.3 Å². The summed E-state index contributed by atoms with van der Waals surface area (Å²) in [5, 5.41) is 10.7. The fourth-order valence-electron chi connectivity index (χ4n) is 1.77. The van der Waals surface area contributed by atoms with E-state index >= 15 is 0 Å². The Hall–Kier alpha value is -1.97. The molecule has 4 nitrogen and oxygen atoms in total. The molecule has 1 aliphatic rings. The third kappa shape index (κ3) is 1.62. The third-order valence-corrected chi connectivity index (χ3v) is 2.48. The molecular weight excluding hydrogens is 208 g/mol. The van der Waals surface area contributed by atoms with Crippen LogP contribution in [-0.4, -0.2) is 17.2 Å². The maximum Gasteiger partial charge on any atom is 0.303 e. The van der Waals surface area contributed by atoms with E-state index in [2.05, 4.69) is 6.58 Å². The van der Waals surface area contributed by atoms with Crippen LogP contribution in [0.1, 0.15) is 6.92 Å². The Balaban J connectivity index is 2.54. The van der Waals surface area contributed by atoms with Crippen molar-refractivity contribution < 1.29 is 19.1 Å². The number of carbonyl (C=O) groups excluding carboxylic acids is 1. The van der Waals surface area contributed by atoms with Gasteiger partial charge in [-0.15, -0.1) is 6.58 Å². The summed E-state index contributed by atoms with van der Waals surface area (Å²) in [6.07, 6.45) is 4.21. The third-order valence-electron chi connectivity index (χ3n) is 2.48. The van der Waals surface area contributed by atoms with Gasteiger partial charge in [-0.2, -0.15) is 0 Å². The first kappa shape index (κ1) is 10.5. The predicted molar refractivity (Wildman–Crippen MR) is 57.7 cm³/mol. The quantitative estimate of drug-likeness (QED) is 0.581. The van der Waals surface area contributed by atoms with Gasteiger partial charge in [-0.25, -0.2) is 0 Å². The Morgan fingerprint density at radius 2 is 2.44 bits per heavy atom. The Labute approximate surface area is 92.1 Å². The molecule has 1 aromatic heterocycles. The highest BCUT2D eigenvalue weighted by Crippen LogP contribution is 2.19. The van der Waals surface area contributed by atoms with Crippen molar-refractivity contribution in [1.29, 1.82) is 0 Å². The molecule has 1 aromatic rings. The first-order valence-electron chi connectivity index (χ1n) is 4.91. The Morgan fingerprint density at radius 3 is 3.06 bits per heavy atom. The van der Waals surface area contributed by atoms with Crippen LogP contribution < -0.4 is 10.6 Å². The van der Waals surface area contributed by atoms with Gasteiger partial charge in [0.15, 0.2) is 17.3 Å². The lowest BCUT2D eigenvalue weighted by atomic mass is 9.95. The maximum absolute atomic E-state index is 10.9. The number of ether oxygens (including phenoxy) is 1. The second-order valence-corrected chi connectivity index (χ2v) is 3.60. The molecule has 4 heteroatoms. The summed E-state index contributed by atoms with van der Waals surface area (Å²) in [5.41, 5.74) is 0.351. The summed E-state index contributed by atoms with van der Waals surface area (Å²) in [5.74, 6) is -0.761. The van der Waals surface area contributed by atoms with Crippen molar-refractivity contribution in [2.75, 3.05) is 0 Å². The molecule has 2 unspecified atom stereocenters. The standard InChI is InChI=1S/C12H12O4/c1-3-8-6-9-4-5-15-11(9)10(14)12(8)16-7(2)13/h3-6,8,12,14H,1H2,2H3. The van der Waals surface area contributed by atoms with Crippen molar-refractivity contribution in [3.05, 3.63) is 35.6 Å². The lowest BCUT2D eigenvalue weighted by Crippen LogP contribution is -2.38. The van der Waals surface area contributed by atoms with Crippen LogP contribution in [0.3, 0.4) is 0 Å². The SMILES string of the molecule is C=CC1C=c2ccoc2=C(O)C1OC(C)=O. The molecule has 84 valence electrons. The van der Waals surface area contributed by atoms with Gasteiger partial charge in [0.1, 0.15) is 0 Å². The van der Waals surface area contributed by atoms with E-state index in [-0.39, 0.29) is 11.7 Å². The van der Waals surface area contributed by atoms with Gasteiger partial charge in [0, 0.05) is 18.1 Å². The highest BCUT2D eigenvalue weighted by Gasteiger charge is 2.29. The molecule has 0 saturated carbocycles.